The second kappa shape index (κ2) is 7.77. The van der Waals surface area contributed by atoms with Crippen molar-refractivity contribution >= 4 is 63.1 Å². The van der Waals surface area contributed by atoms with Crippen LogP contribution >= 0.6 is 39.1 Å². The molecule has 2 aromatic carbocycles. The van der Waals surface area contributed by atoms with Crippen molar-refractivity contribution in [2.75, 3.05) is 14.1 Å². The van der Waals surface area contributed by atoms with Gasteiger partial charge in [0.2, 0.25) is 0 Å². The SMILES string of the molecule is CN(C)C=Nc1c(Cl)cc(N=Cc2ccc(Br)cc2)cc1Cl. The molecule has 0 heterocycles. The highest BCUT2D eigenvalue weighted by Crippen LogP contribution is 2.36. The van der Waals surface area contributed by atoms with E-state index in [0.29, 0.717) is 21.4 Å². The summed E-state index contributed by atoms with van der Waals surface area (Å²) in [4.78, 5) is 10.5. The first-order valence-electron chi connectivity index (χ1n) is 6.45. The lowest BCUT2D eigenvalue weighted by Crippen LogP contribution is -2.07. The monoisotopic (exact) mass is 397 g/mol. The van der Waals surface area contributed by atoms with Crippen molar-refractivity contribution < 1.29 is 0 Å². The molecule has 0 aromatic heterocycles. The number of hydrogen-bond acceptors (Lipinski definition) is 2. The van der Waals surface area contributed by atoms with Crippen molar-refractivity contribution in [3.8, 4) is 0 Å². The molecule has 0 N–H and O–H groups in total. The molecule has 6 heteroatoms. The van der Waals surface area contributed by atoms with Crippen molar-refractivity contribution in [2.24, 2.45) is 9.98 Å². The fourth-order valence-corrected chi connectivity index (χ4v) is 2.46. The zero-order valence-corrected chi connectivity index (χ0v) is 15.2. The lowest BCUT2D eigenvalue weighted by Gasteiger charge is -2.06. The van der Waals surface area contributed by atoms with E-state index in [4.69, 9.17) is 23.2 Å². The van der Waals surface area contributed by atoms with Crippen LogP contribution < -0.4 is 0 Å². The van der Waals surface area contributed by atoms with Gasteiger partial charge >= 0.3 is 0 Å². The van der Waals surface area contributed by atoms with Crippen LogP contribution in [0.2, 0.25) is 10.0 Å². The molecule has 0 amide bonds. The molecule has 114 valence electrons. The molecule has 0 aliphatic rings. The Labute approximate surface area is 148 Å². The molecule has 0 aliphatic carbocycles. The first kappa shape index (κ1) is 17.0. The van der Waals surface area contributed by atoms with Gasteiger partial charge in [0.15, 0.2) is 0 Å². The summed E-state index contributed by atoms with van der Waals surface area (Å²) in [6, 6.07) is 11.3. The lowest BCUT2D eigenvalue weighted by molar-refractivity contribution is 0.643. The van der Waals surface area contributed by atoms with E-state index < -0.39 is 0 Å². The molecule has 0 spiro atoms. The van der Waals surface area contributed by atoms with Crippen LogP contribution in [0.25, 0.3) is 0 Å². The smallest absolute Gasteiger partial charge is 0.102 e. The third-order valence-electron chi connectivity index (χ3n) is 2.65. The first-order chi connectivity index (χ1) is 10.5. The highest BCUT2D eigenvalue weighted by Gasteiger charge is 2.06. The van der Waals surface area contributed by atoms with Gasteiger partial charge in [-0.15, -0.1) is 0 Å². The van der Waals surface area contributed by atoms with Crippen LogP contribution in [0.3, 0.4) is 0 Å². The lowest BCUT2D eigenvalue weighted by atomic mass is 10.2. The van der Waals surface area contributed by atoms with Crippen LogP contribution in [-0.2, 0) is 0 Å². The summed E-state index contributed by atoms with van der Waals surface area (Å²) in [7, 11) is 3.75. The van der Waals surface area contributed by atoms with E-state index in [1.807, 2.05) is 43.3 Å². The molecule has 22 heavy (non-hydrogen) atoms. The molecule has 3 nitrogen and oxygen atoms in total. The molecular weight excluding hydrogens is 385 g/mol. The Morgan fingerprint density at radius 2 is 1.59 bits per heavy atom. The minimum absolute atomic E-state index is 0.466. The molecule has 0 aliphatic heterocycles. The fourth-order valence-electron chi connectivity index (χ4n) is 1.62. The summed E-state index contributed by atoms with van der Waals surface area (Å²) in [6.07, 6.45) is 3.41. The van der Waals surface area contributed by atoms with E-state index in [1.54, 1.807) is 24.7 Å². The Kier molecular flexibility index (Phi) is 6.00. The molecule has 0 radical (unpaired) electrons. The number of halogens is 3. The van der Waals surface area contributed by atoms with Crippen LogP contribution in [0.1, 0.15) is 5.56 Å². The first-order valence-corrected chi connectivity index (χ1v) is 8.00. The zero-order chi connectivity index (χ0) is 16.1. The second-order valence-electron chi connectivity index (χ2n) is 4.78. The van der Waals surface area contributed by atoms with Crippen LogP contribution in [0.5, 0.6) is 0 Å². The molecule has 2 aromatic rings. The number of benzene rings is 2. The van der Waals surface area contributed by atoms with Crippen LogP contribution in [-0.4, -0.2) is 31.5 Å². The molecule has 0 unspecified atom stereocenters. The predicted octanol–water partition coefficient (Wildman–Crippen LogP) is 5.73. The Morgan fingerprint density at radius 1 is 1.00 bits per heavy atom. The van der Waals surface area contributed by atoms with Gasteiger partial charge in [-0.2, -0.15) is 0 Å². The van der Waals surface area contributed by atoms with E-state index in [-0.39, 0.29) is 0 Å². The standard InChI is InChI=1S/C16H14BrCl2N3/c1-22(2)10-21-16-14(18)7-13(8-15(16)19)20-9-11-3-5-12(17)6-4-11/h3-10H,1-2H3. The molecule has 0 saturated heterocycles. The van der Waals surface area contributed by atoms with Crippen molar-refractivity contribution in [2.45, 2.75) is 0 Å². The van der Waals surface area contributed by atoms with Gasteiger partial charge < -0.3 is 4.90 Å². The van der Waals surface area contributed by atoms with E-state index in [0.717, 1.165) is 10.0 Å². The van der Waals surface area contributed by atoms with Gasteiger partial charge in [0.1, 0.15) is 5.69 Å². The van der Waals surface area contributed by atoms with Crippen molar-refractivity contribution in [3.63, 3.8) is 0 Å². The van der Waals surface area contributed by atoms with Gasteiger partial charge in [-0.05, 0) is 29.8 Å². The highest BCUT2D eigenvalue weighted by atomic mass is 79.9. The van der Waals surface area contributed by atoms with E-state index in [2.05, 4.69) is 25.9 Å². The van der Waals surface area contributed by atoms with Crippen LogP contribution in [0.4, 0.5) is 11.4 Å². The fraction of sp³-hybridized carbons (Fsp3) is 0.125. The minimum atomic E-state index is 0.466. The van der Waals surface area contributed by atoms with Gasteiger partial charge in [0.25, 0.3) is 0 Å². The highest BCUT2D eigenvalue weighted by molar-refractivity contribution is 9.10. The maximum atomic E-state index is 6.22. The molecular formula is C16H14BrCl2N3. The summed E-state index contributed by atoms with van der Waals surface area (Å²) < 4.78 is 1.03. The Balaban J connectivity index is 2.24. The van der Waals surface area contributed by atoms with E-state index >= 15 is 0 Å². The largest absolute Gasteiger partial charge is 0.369 e. The van der Waals surface area contributed by atoms with E-state index in [9.17, 15) is 0 Å². The summed E-state index contributed by atoms with van der Waals surface area (Å²) in [5.74, 6) is 0. The number of aliphatic imine (C=N–C) groups is 2. The van der Waals surface area contributed by atoms with Crippen LogP contribution in [0, 0.1) is 0 Å². The molecule has 0 bridgehead atoms. The maximum absolute atomic E-state index is 6.22. The van der Waals surface area contributed by atoms with Gasteiger partial charge in [0.05, 0.1) is 22.1 Å². The van der Waals surface area contributed by atoms with Gasteiger partial charge in [0, 0.05) is 24.8 Å². The Hall–Kier alpha value is -1.36. The normalized spacial score (nSPS) is 11.5. The summed E-state index contributed by atoms with van der Waals surface area (Å²) >= 11 is 15.8. The topological polar surface area (TPSA) is 28.0 Å². The third kappa shape index (κ3) is 4.83. The molecule has 0 atom stereocenters. The summed E-state index contributed by atoms with van der Waals surface area (Å²) in [5.41, 5.74) is 2.21. The number of hydrogen-bond donors (Lipinski definition) is 0. The molecule has 0 fully saturated rings. The molecule has 0 saturated carbocycles. The van der Waals surface area contributed by atoms with E-state index in [1.165, 1.54) is 0 Å². The van der Waals surface area contributed by atoms with Crippen molar-refractivity contribution in [3.05, 3.63) is 56.5 Å². The summed E-state index contributed by atoms with van der Waals surface area (Å²) in [5, 5.41) is 0.933. The van der Waals surface area contributed by atoms with Gasteiger partial charge in [-0.1, -0.05) is 51.3 Å². The average molecular weight is 399 g/mol. The molecule has 2 rings (SSSR count). The Morgan fingerprint density at radius 3 is 2.14 bits per heavy atom. The Bertz CT molecular complexity index is 687. The van der Waals surface area contributed by atoms with Crippen LogP contribution in [0.15, 0.2) is 50.9 Å². The zero-order valence-electron chi connectivity index (χ0n) is 12.1. The van der Waals surface area contributed by atoms with Gasteiger partial charge in [-0.3, -0.25) is 4.99 Å². The average Bonchev–Trinajstić information content (AvgIpc) is 2.45. The second-order valence-corrected chi connectivity index (χ2v) is 6.51. The number of nitrogens with zero attached hydrogens (tertiary/aromatic N) is 3. The quantitative estimate of drug-likeness (QED) is 0.477. The minimum Gasteiger partial charge on any atom is -0.369 e. The number of rotatable bonds is 4. The predicted molar refractivity (Wildman–Crippen MR) is 99.7 cm³/mol. The summed E-state index contributed by atoms with van der Waals surface area (Å²) in [6.45, 7) is 0. The third-order valence-corrected chi connectivity index (χ3v) is 3.76. The van der Waals surface area contributed by atoms with Crippen molar-refractivity contribution in [1.29, 1.82) is 0 Å². The maximum Gasteiger partial charge on any atom is 0.102 e. The van der Waals surface area contributed by atoms with Crippen molar-refractivity contribution in [1.82, 2.24) is 4.90 Å². The van der Waals surface area contributed by atoms with Gasteiger partial charge in [-0.25, -0.2) is 4.99 Å².